The van der Waals surface area contributed by atoms with Gasteiger partial charge in [0.25, 0.3) is 5.91 Å². The lowest BCUT2D eigenvalue weighted by Gasteiger charge is -2.33. The van der Waals surface area contributed by atoms with E-state index in [1.807, 2.05) is 25.1 Å². The lowest BCUT2D eigenvalue weighted by Crippen LogP contribution is -2.50. The number of likely N-dealkylation sites (tertiary alicyclic amines) is 1. The molecule has 2 atom stereocenters. The maximum Gasteiger partial charge on any atom is 0.263 e. The van der Waals surface area contributed by atoms with Crippen LogP contribution < -0.4 is 9.88 Å². The Morgan fingerprint density at radius 1 is 1.15 bits per heavy atom. The number of nitrogens with zero attached hydrogens (tertiary/aromatic N) is 2. The third-order valence-electron chi connectivity index (χ3n) is 6.47. The Labute approximate surface area is 201 Å². The number of carbonyl (C=O) groups is 1. The van der Waals surface area contributed by atoms with E-state index in [1.54, 1.807) is 6.92 Å². The molecule has 2 N–H and O–H groups in total. The van der Waals surface area contributed by atoms with E-state index in [1.165, 1.54) is 21.6 Å². The van der Waals surface area contributed by atoms with Gasteiger partial charge in [0.1, 0.15) is 5.75 Å². The second-order valence-corrected chi connectivity index (χ2v) is 11.0. The average Bonchev–Trinajstić information content (AvgIpc) is 2.77. The summed E-state index contributed by atoms with van der Waals surface area (Å²) < 4.78 is 29.5. The van der Waals surface area contributed by atoms with Crippen LogP contribution in [-0.4, -0.2) is 48.7 Å². The van der Waals surface area contributed by atoms with Crippen molar-refractivity contribution in [3.8, 4) is 16.9 Å². The van der Waals surface area contributed by atoms with E-state index < -0.39 is 21.4 Å². The molecule has 0 saturated carbocycles. The summed E-state index contributed by atoms with van der Waals surface area (Å²) >= 11 is 0. The number of pyridine rings is 1. The van der Waals surface area contributed by atoms with Crippen molar-refractivity contribution in [1.29, 1.82) is 0 Å². The van der Waals surface area contributed by atoms with Crippen LogP contribution in [0.4, 0.5) is 0 Å². The number of nitrogens with two attached hydrogens (primary N) is 1. The standard InChI is InChI=1S/C26H31N3O4S/c1-16-7-5-8-17(2)25(16)23-13-18(3)28-24-14-20(10-11-22(23)24)33-19(4)26(30)29-12-6-9-21(15-29)34(27,31)32/h5,7-8,10-11,13-14,19,21H,6,9,12,15H2,1-4H3,(H2,27,31,32)/t19-,21?/m1/s1. The summed E-state index contributed by atoms with van der Waals surface area (Å²) in [5, 5.41) is 5.59. The summed E-state index contributed by atoms with van der Waals surface area (Å²) in [6, 6.07) is 14.1. The van der Waals surface area contributed by atoms with Gasteiger partial charge < -0.3 is 9.64 Å². The van der Waals surface area contributed by atoms with E-state index in [9.17, 15) is 13.2 Å². The van der Waals surface area contributed by atoms with Crippen molar-refractivity contribution in [3.63, 3.8) is 0 Å². The molecular weight excluding hydrogens is 450 g/mol. The normalized spacial score (nSPS) is 17.6. The van der Waals surface area contributed by atoms with Crippen LogP contribution in [-0.2, 0) is 14.8 Å². The minimum atomic E-state index is -3.68. The van der Waals surface area contributed by atoms with E-state index in [0.29, 0.717) is 25.1 Å². The van der Waals surface area contributed by atoms with Crippen LogP contribution in [0.25, 0.3) is 22.0 Å². The number of fused-ring (bicyclic) bond motifs is 1. The molecule has 1 aliphatic rings. The molecule has 1 unspecified atom stereocenters. The van der Waals surface area contributed by atoms with Crippen LogP contribution >= 0.6 is 0 Å². The van der Waals surface area contributed by atoms with Crippen molar-refractivity contribution in [1.82, 2.24) is 9.88 Å². The molecule has 0 radical (unpaired) electrons. The SMILES string of the molecule is Cc1cc(-c2c(C)cccc2C)c2ccc(O[C@H](C)C(=O)N3CCCC(S(N)(=O)=O)C3)cc2n1. The third kappa shape index (κ3) is 4.93. The van der Waals surface area contributed by atoms with Crippen molar-refractivity contribution >= 4 is 26.8 Å². The highest BCUT2D eigenvalue weighted by Crippen LogP contribution is 2.34. The van der Waals surface area contributed by atoms with Gasteiger partial charge in [0.15, 0.2) is 6.10 Å². The van der Waals surface area contributed by atoms with E-state index in [4.69, 9.17) is 14.9 Å². The quantitative estimate of drug-likeness (QED) is 0.596. The number of aryl methyl sites for hydroxylation is 3. The van der Waals surface area contributed by atoms with Crippen molar-refractivity contribution < 1.29 is 17.9 Å². The van der Waals surface area contributed by atoms with Gasteiger partial charge in [-0.05, 0) is 81.0 Å². The fourth-order valence-electron chi connectivity index (χ4n) is 4.78. The number of hydrogen-bond acceptors (Lipinski definition) is 5. The smallest absolute Gasteiger partial charge is 0.263 e. The molecule has 1 amide bonds. The van der Waals surface area contributed by atoms with Gasteiger partial charge in [0, 0.05) is 30.2 Å². The minimum absolute atomic E-state index is 0.100. The van der Waals surface area contributed by atoms with Crippen LogP contribution in [0.3, 0.4) is 0 Å². The van der Waals surface area contributed by atoms with Crippen molar-refractivity contribution in [2.45, 2.75) is 51.9 Å². The zero-order valence-corrected chi connectivity index (χ0v) is 20.9. The molecule has 0 spiro atoms. The molecule has 2 heterocycles. The molecule has 7 nitrogen and oxygen atoms in total. The molecule has 1 saturated heterocycles. The second kappa shape index (κ2) is 9.35. The predicted octanol–water partition coefficient (Wildman–Crippen LogP) is 3.87. The second-order valence-electron chi connectivity index (χ2n) is 9.15. The number of ether oxygens (including phenoxy) is 1. The fourth-order valence-corrected chi connectivity index (χ4v) is 5.66. The van der Waals surface area contributed by atoms with Crippen LogP contribution in [0.1, 0.15) is 36.6 Å². The molecule has 34 heavy (non-hydrogen) atoms. The highest BCUT2D eigenvalue weighted by Gasteiger charge is 2.32. The average molecular weight is 482 g/mol. The Kier molecular flexibility index (Phi) is 6.64. The number of carbonyl (C=O) groups excluding carboxylic acids is 1. The van der Waals surface area contributed by atoms with Gasteiger partial charge in [-0.2, -0.15) is 0 Å². The first kappa shape index (κ1) is 24.2. The van der Waals surface area contributed by atoms with Gasteiger partial charge in [-0.15, -0.1) is 0 Å². The predicted molar refractivity (Wildman–Crippen MR) is 134 cm³/mol. The molecule has 8 heteroatoms. The zero-order chi connectivity index (χ0) is 24.6. The maximum absolute atomic E-state index is 13.0. The summed E-state index contributed by atoms with van der Waals surface area (Å²) in [6.45, 7) is 8.46. The van der Waals surface area contributed by atoms with Gasteiger partial charge in [-0.25, -0.2) is 13.6 Å². The van der Waals surface area contributed by atoms with Gasteiger partial charge in [-0.3, -0.25) is 9.78 Å². The summed E-state index contributed by atoms with van der Waals surface area (Å²) in [6.07, 6.45) is 0.301. The summed E-state index contributed by atoms with van der Waals surface area (Å²) in [5.41, 5.74) is 6.41. The molecular formula is C26H31N3O4S. The van der Waals surface area contributed by atoms with Crippen molar-refractivity contribution in [2.75, 3.05) is 13.1 Å². The summed E-state index contributed by atoms with van der Waals surface area (Å²) in [4.78, 5) is 19.2. The maximum atomic E-state index is 13.0. The molecule has 1 fully saturated rings. The van der Waals surface area contributed by atoms with Crippen LogP contribution in [0, 0.1) is 20.8 Å². The number of primary sulfonamides is 1. The molecule has 2 aromatic carbocycles. The molecule has 1 aliphatic heterocycles. The summed E-state index contributed by atoms with van der Waals surface area (Å²) in [5.74, 6) is 0.292. The van der Waals surface area contributed by atoms with Gasteiger partial charge in [0.05, 0.1) is 10.8 Å². The molecule has 0 aliphatic carbocycles. The van der Waals surface area contributed by atoms with Gasteiger partial charge in [0.2, 0.25) is 10.0 Å². The number of amides is 1. The third-order valence-corrected chi connectivity index (χ3v) is 7.79. The zero-order valence-electron chi connectivity index (χ0n) is 20.0. The number of rotatable bonds is 5. The van der Waals surface area contributed by atoms with Gasteiger partial charge in [-0.1, -0.05) is 18.2 Å². The number of aromatic nitrogens is 1. The first-order valence-corrected chi connectivity index (χ1v) is 13.1. The largest absolute Gasteiger partial charge is 0.481 e. The highest BCUT2D eigenvalue weighted by atomic mass is 32.2. The van der Waals surface area contributed by atoms with Crippen LogP contribution in [0.5, 0.6) is 5.75 Å². The number of benzene rings is 2. The molecule has 0 bridgehead atoms. The number of piperidine rings is 1. The molecule has 180 valence electrons. The van der Waals surface area contributed by atoms with E-state index >= 15 is 0 Å². The van der Waals surface area contributed by atoms with Crippen LogP contribution in [0.2, 0.25) is 0 Å². The Morgan fingerprint density at radius 2 is 1.85 bits per heavy atom. The van der Waals surface area contributed by atoms with E-state index in [0.717, 1.165) is 22.2 Å². The monoisotopic (exact) mass is 481 g/mol. The first-order chi connectivity index (χ1) is 16.0. The Morgan fingerprint density at radius 3 is 2.53 bits per heavy atom. The minimum Gasteiger partial charge on any atom is -0.481 e. The molecule has 3 aromatic rings. The van der Waals surface area contributed by atoms with E-state index in [2.05, 4.69) is 38.1 Å². The number of sulfonamides is 1. The summed E-state index contributed by atoms with van der Waals surface area (Å²) in [7, 11) is -3.68. The van der Waals surface area contributed by atoms with Crippen molar-refractivity contribution in [3.05, 3.63) is 59.3 Å². The first-order valence-electron chi connectivity index (χ1n) is 11.5. The highest BCUT2D eigenvalue weighted by molar-refractivity contribution is 7.89. The topological polar surface area (TPSA) is 103 Å². The van der Waals surface area contributed by atoms with Crippen LogP contribution in [0.15, 0.2) is 42.5 Å². The molecule has 4 rings (SSSR count). The number of hydrogen-bond donors (Lipinski definition) is 1. The Hall–Kier alpha value is -2.97. The molecule has 1 aromatic heterocycles. The Bertz CT molecular complexity index is 1330. The fraction of sp³-hybridized carbons (Fsp3) is 0.385. The van der Waals surface area contributed by atoms with Gasteiger partial charge >= 0.3 is 0 Å². The lowest BCUT2D eigenvalue weighted by atomic mass is 9.93. The van der Waals surface area contributed by atoms with E-state index in [-0.39, 0.29) is 12.5 Å². The van der Waals surface area contributed by atoms with Crippen molar-refractivity contribution in [2.24, 2.45) is 5.14 Å². The Balaban J connectivity index is 1.59. The lowest BCUT2D eigenvalue weighted by molar-refractivity contribution is -0.138.